The first-order valence-electron chi connectivity index (χ1n) is 34.7. The van der Waals surface area contributed by atoms with Gasteiger partial charge >= 0.3 is 7.12 Å². The summed E-state index contributed by atoms with van der Waals surface area (Å²) in [5.74, 6) is 0.00970. The summed E-state index contributed by atoms with van der Waals surface area (Å²) in [6.45, 7) is 25.4. The van der Waals surface area contributed by atoms with Crippen LogP contribution in [0.3, 0.4) is 0 Å². The molecule has 2 aliphatic carbocycles. The minimum absolute atomic E-state index is 0.0375. The van der Waals surface area contributed by atoms with Crippen molar-refractivity contribution in [3.63, 3.8) is 0 Å². The summed E-state index contributed by atoms with van der Waals surface area (Å²) in [6.07, 6.45) is 11.1. The van der Waals surface area contributed by atoms with E-state index in [4.69, 9.17) is 113 Å². The first-order valence-corrected chi connectivity index (χ1v) is 35.8. The molecular weight excluding hydrogens is 1390 g/mol. The van der Waals surface area contributed by atoms with Gasteiger partial charge < -0.3 is 73.0 Å². The molecule has 0 unspecified atom stereocenters. The number of pyridine rings is 3. The molecule has 558 valence electrons. The number of hydrogen-bond acceptors (Lipinski definition) is 24. The lowest BCUT2D eigenvalue weighted by atomic mass is 9.69. The molecule has 2 saturated heterocycles. The predicted molar refractivity (Wildman–Crippen MR) is 412 cm³/mol. The molecule has 3 aromatic carbocycles. The van der Waals surface area contributed by atoms with Crippen LogP contribution in [0.5, 0.6) is 0 Å². The number of amides is 3. The Morgan fingerprint density at radius 3 is 1.41 bits per heavy atom. The zero-order valence-corrected chi connectivity index (χ0v) is 62.6. The van der Waals surface area contributed by atoms with Gasteiger partial charge in [-0.25, -0.2) is 24.9 Å². The second-order valence-electron chi connectivity index (χ2n) is 24.7. The predicted octanol–water partition coefficient (Wildman–Crippen LogP) is 10.3. The zero-order valence-electron chi connectivity index (χ0n) is 60.3. The smallest absolute Gasteiger partial charge is 0.423 e. The second kappa shape index (κ2) is 42.3. The van der Waals surface area contributed by atoms with Gasteiger partial charge in [0.1, 0.15) is 28.8 Å². The zero-order chi connectivity index (χ0) is 75.9. The molecule has 3 amide bonds. The van der Waals surface area contributed by atoms with E-state index in [0.29, 0.717) is 90.4 Å². The maximum atomic E-state index is 11.5. The van der Waals surface area contributed by atoms with Crippen molar-refractivity contribution in [2.24, 2.45) is 22.6 Å². The Bertz CT molecular complexity index is 4200. The number of carbonyl (C=O) groups is 3. The molecule has 8 heterocycles. The van der Waals surface area contributed by atoms with E-state index in [0.717, 1.165) is 96.0 Å². The fourth-order valence-corrected chi connectivity index (χ4v) is 11.1. The van der Waals surface area contributed by atoms with Crippen LogP contribution in [0.1, 0.15) is 144 Å². The summed E-state index contributed by atoms with van der Waals surface area (Å²) >= 11 is 17.0. The van der Waals surface area contributed by atoms with Crippen molar-refractivity contribution in [2.45, 2.75) is 131 Å². The van der Waals surface area contributed by atoms with Crippen LogP contribution in [0.25, 0.3) is 55.6 Å². The highest BCUT2D eigenvalue weighted by atomic mass is 35.5. The Balaban J connectivity index is 0.000000201. The van der Waals surface area contributed by atoms with Crippen LogP contribution in [0, 0.1) is 5.41 Å². The molecule has 2 atom stereocenters. The van der Waals surface area contributed by atoms with Crippen LogP contribution >= 0.6 is 34.8 Å². The van der Waals surface area contributed by atoms with Crippen LogP contribution in [0.2, 0.25) is 15.7 Å². The van der Waals surface area contributed by atoms with E-state index < -0.39 is 24.8 Å². The van der Waals surface area contributed by atoms with Crippen molar-refractivity contribution < 1.29 is 48.1 Å². The highest BCUT2D eigenvalue weighted by Gasteiger charge is 2.45. The normalized spacial score (nSPS) is 15.6. The SMILES string of the molecule is CCCOCC.CCCOCC.CCCOCC.C[C@@H]1NCC2(CCC2)CO1.C[C@H]1COC2(CCC2)CN1c1nc(N)c2ccc(-c3cccc(C(N)=O)c3)nc2n1.NC(=O)c1cccc(-c2ccc3c(N)nc(Cl)nc3n2)c1.NC(=O)c1cccc(B(O)O)c1.Nc1nc(Cl)nc2nc(Cl)ccc12. The fourth-order valence-electron chi connectivity index (χ4n) is 10.7. The molecule has 4 fully saturated rings. The third-order valence-electron chi connectivity index (χ3n) is 16.6. The maximum absolute atomic E-state index is 11.5. The number of morpholine rings is 1. The fraction of sp³-hybridized carbons (Fsp3) is 0.425. The van der Waals surface area contributed by atoms with Crippen LogP contribution in [0.4, 0.5) is 23.4 Å². The number of nitrogen functional groups attached to an aromatic ring is 3. The van der Waals surface area contributed by atoms with Crippen LogP contribution < -0.4 is 50.1 Å². The molecule has 6 aromatic heterocycles. The van der Waals surface area contributed by atoms with E-state index in [-0.39, 0.29) is 45.3 Å². The van der Waals surface area contributed by atoms with Crippen molar-refractivity contribution >= 4 is 122 Å². The molecule has 0 bridgehead atoms. The Labute approximate surface area is 622 Å². The van der Waals surface area contributed by atoms with Crippen LogP contribution in [0.15, 0.2) is 109 Å². The van der Waals surface area contributed by atoms with Crippen molar-refractivity contribution in [1.82, 2.24) is 50.2 Å². The lowest BCUT2D eigenvalue weighted by molar-refractivity contribution is -0.117. The number of hydrogen-bond donors (Lipinski definition) is 9. The quantitative estimate of drug-likeness (QED) is 0.0188. The van der Waals surface area contributed by atoms with E-state index in [2.05, 4.69) is 79.7 Å². The average Bonchev–Trinajstić information content (AvgIpc) is 0.765. The van der Waals surface area contributed by atoms with Crippen molar-refractivity contribution in [2.75, 3.05) is 88.0 Å². The number of rotatable bonds is 16. The van der Waals surface area contributed by atoms with E-state index >= 15 is 0 Å². The Morgan fingerprint density at radius 2 is 1.01 bits per heavy atom. The molecule has 15 N–H and O–H groups in total. The number of carbonyl (C=O) groups excluding carboxylic acids is 3. The molecule has 0 radical (unpaired) electrons. The van der Waals surface area contributed by atoms with Crippen LogP contribution in [-0.2, 0) is 23.7 Å². The number of nitrogens with one attached hydrogen (secondary N) is 1. The summed E-state index contributed by atoms with van der Waals surface area (Å²) in [5, 5.41) is 23.2. The molecule has 2 aliphatic heterocycles. The third kappa shape index (κ3) is 25.6. The number of halogens is 3. The number of benzene rings is 3. The first kappa shape index (κ1) is 84.3. The Morgan fingerprint density at radius 1 is 0.567 bits per heavy atom. The van der Waals surface area contributed by atoms with Gasteiger partial charge in [-0.15, -0.1) is 0 Å². The highest BCUT2D eigenvalue weighted by Crippen LogP contribution is 2.43. The highest BCUT2D eigenvalue weighted by molar-refractivity contribution is 6.58. The number of anilines is 4. The summed E-state index contributed by atoms with van der Waals surface area (Å²) < 4.78 is 26.6. The number of fused-ring (bicyclic) bond motifs is 3. The topological polar surface area (TPSA) is 425 Å². The monoisotopic (exact) mass is 1490 g/mol. The minimum atomic E-state index is -1.57. The van der Waals surface area contributed by atoms with Gasteiger partial charge in [0, 0.05) is 79.4 Å². The molecule has 2 saturated carbocycles. The Kier molecular flexibility index (Phi) is 34.3. The first-order chi connectivity index (χ1) is 49.8. The average molecular weight is 1490 g/mol. The summed E-state index contributed by atoms with van der Waals surface area (Å²) in [7, 11) is -1.57. The summed E-state index contributed by atoms with van der Waals surface area (Å²) in [6, 6.07) is 30.6. The Hall–Kier alpha value is -8.65. The molecule has 13 rings (SSSR count). The molecule has 27 nitrogen and oxygen atoms in total. The number of nitrogens with two attached hydrogens (primary N) is 6. The maximum Gasteiger partial charge on any atom is 0.488 e. The standard InChI is InChI=1S/C22H24N6O2.C14H10ClN5O.C8H15NO.C7H8BNO3.C7H4Cl2N4.3C5H12O/c1-13-11-30-22(8-3-9-22)12-28(13)21-26-18(23)16-6-7-17(25-20(16)27-21)14-4-2-5-15(10-14)19(24)29;15-14-19-11(16)9-4-5-10(18-13(9)20-14)7-2-1-3-8(6-7)12(17)21;1-7-9-5-8(6-10-7)3-2-4-8;9-7(10)5-2-1-3-6(4-5)8(11)12;8-4-2-1-3-5(10)12-7(9)13-6(3)11-4;3*1-3-5-6-4-2/h2,4-7,10,13H,3,8-9,11-12H2,1H3,(H2,24,29)(H2,23,25,26,27);1-6H,(H2,17,21)(H2,16,18,19,20);7,9H,2-6H2,1H3;1-4,11-12H,(H2,9,10);1-2H,(H2,10,11,12,13);3*3-5H2,1-2H3/t13-;;7-;;;;;/m0.1...../s1. The van der Waals surface area contributed by atoms with Gasteiger partial charge in [-0.05, 0) is 187 Å². The van der Waals surface area contributed by atoms with E-state index in [1.165, 1.54) is 56.5 Å². The van der Waals surface area contributed by atoms with E-state index in [1.54, 1.807) is 60.7 Å². The van der Waals surface area contributed by atoms with Gasteiger partial charge in [-0.2, -0.15) is 19.9 Å². The van der Waals surface area contributed by atoms with Gasteiger partial charge in [-0.3, -0.25) is 19.7 Å². The van der Waals surface area contributed by atoms with Gasteiger partial charge in [0.2, 0.25) is 34.2 Å². The van der Waals surface area contributed by atoms with Gasteiger partial charge in [0.25, 0.3) is 0 Å². The minimum Gasteiger partial charge on any atom is -0.423 e. The van der Waals surface area contributed by atoms with Crippen molar-refractivity contribution in [1.29, 1.82) is 0 Å². The third-order valence-corrected chi connectivity index (χ3v) is 17.2. The van der Waals surface area contributed by atoms with E-state index in [1.807, 2.05) is 45.0 Å². The molecule has 2 spiro atoms. The summed E-state index contributed by atoms with van der Waals surface area (Å²) in [5.41, 5.74) is 39.3. The largest absolute Gasteiger partial charge is 0.488 e. The molecule has 9 aromatic rings. The lowest BCUT2D eigenvalue weighted by Gasteiger charge is -2.50. The van der Waals surface area contributed by atoms with Gasteiger partial charge in [0.15, 0.2) is 16.9 Å². The number of ether oxygens (including phenoxy) is 5. The van der Waals surface area contributed by atoms with Crippen LogP contribution in [-0.4, -0.2) is 164 Å². The van der Waals surface area contributed by atoms with Crippen molar-refractivity contribution in [3.8, 4) is 22.5 Å². The van der Waals surface area contributed by atoms with Crippen molar-refractivity contribution in [3.05, 3.63) is 142 Å². The molecule has 104 heavy (non-hydrogen) atoms. The molecule has 4 aliphatic rings. The summed E-state index contributed by atoms with van der Waals surface area (Å²) in [4.78, 5) is 73.5. The molecular formula is C73H97BCl3N17O10. The second-order valence-corrected chi connectivity index (χ2v) is 25.7. The lowest BCUT2D eigenvalue weighted by Crippen LogP contribution is -2.59. The number of primary amides is 3. The molecule has 31 heteroatoms. The number of aromatic nitrogens is 9. The van der Waals surface area contributed by atoms with Gasteiger partial charge in [0.05, 0.1) is 58.9 Å². The van der Waals surface area contributed by atoms with Gasteiger partial charge in [-0.1, -0.05) is 75.2 Å². The van der Waals surface area contributed by atoms with E-state index in [9.17, 15) is 14.4 Å². The number of nitrogens with zero attached hydrogens (tertiary/aromatic N) is 10.